The molecule has 7 heteroatoms. The number of rotatable bonds is 4. The smallest absolute Gasteiger partial charge is 0.337 e. The molecule has 0 heterocycles. The molecule has 0 aliphatic heterocycles. The van der Waals surface area contributed by atoms with Gasteiger partial charge >= 0.3 is 5.97 Å². The molecule has 19 heavy (non-hydrogen) atoms. The van der Waals surface area contributed by atoms with Crippen LogP contribution < -0.4 is 11.1 Å². The van der Waals surface area contributed by atoms with Crippen LogP contribution in [0.4, 0.5) is 14.5 Å². The van der Waals surface area contributed by atoms with E-state index in [0.717, 1.165) is 0 Å². The summed E-state index contributed by atoms with van der Waals surface area (Å²) in [5, 5.41) is 11.1. The third-order valence-electron chi connectivity index (χ3n) is 2.66. The number of carbonyl (C=O) groups is 2. The predicted octanol–water partition coefficient (Wildman–Crippen LogP) is 1.59. The van der Waals surface area contributed by atoms with Crippen molar-refractivity contribution in [3.63, 3.8) is 0 Å². The summed E-state index contributed by atoms with van der Waals surface area (Å²) in [5.41, 5.74) is 3.61. The Labute approximate surface area is 108 Å². The average Bonchev–Trinajstić information content (AvgIpc) is 2.32. The summed E-state index contributed by atoms with van der Waals surface area (Å²) in [6, 6.07) is 1.14. The molecular formula is C12H14F2N2O3. The SMILES string of the molecule is CC(C)(CN)C(=O)Nc1cc(F)c(F)cc1C(=O)O. The van der Waals surface area contributed by atoms with Crippen molar-refractivity contribution in [3.05, 3.63) is 29.3 Å². The van der Waals surface area contributed by atoms with Gasteiger partial charge in [-0.2, -0.15) is 0 Å². The summed E-state index contributed by atoms with van der Waals surface area (Å²) in [6.07, 6.45) is 0. The van der Waals surface area contributed by atoms with Gasteiger partial charge in [0.25, 0.3) is 0 Å². The van der Waals surface area contributed by atoms with Gasteiger partial charge in [0, 0.05) is 12.6 Å². The number of nitrogens with one attached hydrogen (secondary N) is 1. The molecular weight excluding hydrogens is 258 g/mol. The second-order valence-corrected chi connectivity index (χ2v) is 4.66. The highest BCUT2D eigenvalue weighted by atomic mass is 19.2. The molecule has 0 aliphatic carbocycles. The Kier molecular flexibility index (Phi) is 4.21. The third kappa shape index (κ3) is 3.25. The van der Waals surface area contributed by atoms with Crippen molar-refractivity contribution in [2.45, 2.75) is 13.8 Å². The number of benzene rings is 1. The van der Waals surface area contributed by atoms with Gasteiger partial charge in [-0.15, -0.1) is 0 Å². The molecule has 0 saturated heterocycles. The van der Waals surface area contributed by atoms with E-state index in [4.69, 9.17) is 10.8 Å². The Morgan fingerprint density at radius 3 is 2.32 bits per heavy atom. The number of carboxylic acid groups (broad SMARTS) is 1. The van der Waals surface area contributed by atoms with Gasteiger partial charge in [0.1, 0.15) is 0 Å². The van der Waals surface area contributed by atoms with Gasteiger partial charge in [-0.1, -0.05) is 0 Å². The van der Waals surface area contributed by atoms with Crippen LogP contribution in [0, 0.1) is 17.0 Å². The van der Waals surface area contributed by atoms with Crippen LogP contribution in [0.3, 0.4) is 0 Å². The van der Waals surface area contributed by atoms with Crippen LogP contribution in [0.25, 0.3) is 0 Å². The maximum absolute atomic E-state index is 13.1. The van der Waals surface area contributed by atoms with Crippen molar-refractivity contribution >= 4 is 17.6 Å². The Morgan fingerprint density at radius 1 is 1.32 bits per heavy atom. The van der Waals surface area contributed by atoms with Crippen molar-refractivity contribution in [1.29, 1.82) is 0 Å². The van der Waals surface area contributed by atoms with Crippen molar-refractivity contribution in [2.75, 3.05) is 11.9 Å². The van der Waals surface area contributed by atoms with E-state index in [9.17, 15) is 18.4 Å². The molecule has 1 rings (SSSR count). The Morgan fingerprint density at radius 2 is 1.84 bits per heavy atom. The number of anilines is 1. The number of aromatic carboxylic acids is 1. The summed E-state index contributed by atoms with van der Waals surface area (Å²) < 4.78 is 26.1. The van der Waals surface area contributed by atoms with Gasteiger partial charge in [-0.05, 0) is 19.9 Å². The number of hydrogen-bond acceptors (Lipinski definition) is 3. The van der Waals surface area contributed by atoms with Gasteiger partial charge in [0.15, 0.2) is 11.6 Å². The minimum Gasteiger partial charge on any atom is -0.478 e. The quantitative estimate of drug-likeness (QED) is 0.776. The van der Waals surface area contributed by atoms with Crippen LogP contribution in [0.2, 0.25) is 0 Å². The highest BCUT2D eigenvalue weighted by molar-refractivity contribution is 6.02. The van der Waals surface area contributed by atoms with E-state index in [1.54, 1.807) is 13.8 Å². The van der Waals surface area contributed by atoms with Gasteiger partial charge in [-0.25, -0.2) is 13.6 Å². The van der Waals surface area contributed by atoms with Crippen LogP contribution >= 0.6 is 0 Å². The number of nitrogens with two attached hydrogens (primary N) is 1. The molecule has 0 atom stereocenters. The zero-order chi connectivity index (χ0) is 14.8. The van der Waals surface area contributed by atoms with E-state index < -0.39 is 34.5 Å². The van der Waals surface area contributed by atoms with E-state index in [-0.39, 0.29) is 12.2 Å². The average molecular weight is 272 g/mol. The van der Waals surface area contributed by atoms with Gasteiger partial charge < -0.3 is 16.2 Å². The van der Waals surface area contributed by atoms with Crippen molar-refractivity contribution < 1.29 is 23.5 Å². The normalized spacial score (nSPS) is 11.2. The van der Waals surface area contributed by atoms with Crippen molar-refractivity contribution in [1.82, 2.24) is 0 Å². The molecule has 0 spiro atoms. The lowest BCUT2D eigenvalue weighted by Crippen LogP contribution is -2.37. The first-order valence-corrected chi connectivity index (χ1v) is 5.43. The molecule has 0 aliphatic rings. The highest BCUT2D eigenvalue weighted by Gasteiger charge is 2.27. The monoisotopic (exact) mass is 272 g/mol. The Balaban J connectivity index is 3.17. The number of halogens is 2. The molecule has 0 unspecified atom stereocenters. The zero-order valence-electron chi connectivity index (χ0n) is 10.5. The second kappa shape index (κ2) is 5.31. The topological polar surface area (TPSA) is 92.4 Å². The third-order valence-corrected chi connectivity index (χ3v) is 2.66. The zero-order valence-corrected chi connectivity index (χ0v) is 10.5. The fourth-order valence-corrected chi connectivity index (χ4v) is 1.21. The fraction of sp³-hybridized carbons (Fsp3) is 0.333. The molecule has 0 radical (unpaired) electrons. The molecule has 1 aromatic rings. The maximum atomic E-state index is 13.1. The lowest BCUT2D eigenvalue weighted by Gasteiger charge is -2.21. The van der Waals surface area contributed by atoms with Gasteiger partial charge in [0.05, 0.1) is 16.7 Å². The summed E-state index contributed by atoms with van der Waals surface area (Å²) >= 11 is 0. The predicted molar refractivity (Wildman–Crippen MR) is 64.8 cm³/mol. The molecule has 1 amide bonds. The first-order valence-electron chi connectivity index (χ1n) is 5.43. The van der Waals surface area contributed by atoms with E-state index in [2.05, 4.69) is 5.32 Å². The van der Waals surface area contributed by atoms with E-state index >= 15 is 0 Å². The Hall–Kier alpha value is -2.02. The molecule has 1 aromatic carbocycles. The standard InChI is InChI=1S/C12H14F2N2O3/c1-12(2,5-15)11(19)16-9-4-8(14)7(13)3-6(9)10(17)18/h3-4H,5,15H2,1-2H3,(H,16,19)(H,17,18). The lowest BCUT2D eigenvalue weighted by atomic mass is 9.92. The molecule has 0 fully saturated rings. The van der Waals surface area contributed by atoms with Crippen molar-refractivity contribution in [2.24, 2.45) is 11.1 Å². The van der Waals surface area contributed by atoms with Crippen LogP contribution in [0.1, 0.15) is 24.2 Å². The molecule has 104 valence electrons. The fourth-order valence-electron chi connectivity index (χ4n) is 1.21. The van der Waals surface area contributed by atoms with Gasteiger partial charge in [0.2, 0.25) is 5.91 Å². The molecule has 0 saturated carbocycles. The summed E-state index contributed by atoms with van der Waals surface area (Å²) in [5.74, 6) is -4.59. The van der Waals surface area contributed by atoms with Crippen LogP contribution in [-0.4, -0.2) is 23.5 Å². The van der Waals surface area contributed by atoms with Crippen molar-refractivity contribution in [3.8, 4) is 0 Å². The molecule has 0 bridgehead atoms. The van der Waals surface area contributed by atoms with E-state index in [1.807, 2.05) is 0 Å². The van der Waals surface area contributed by atoms with E-state index in [1.165, 1.54) is 0 Å². The Bertz CT molecular complexity index is 530. The molecule has 5 nitrogen and oxygen atoms in total. The van der Waals surface area contributed by atoms with Crippen LogP contribution in [0.15, 0.2) is 12.1 Å². The number of amides is 1. The maximum Gasteiger partial charge on any atom is 0.337 e. The number of carbonyl (C=O) groups excluding carboxylic acids is 1. The lowest BCUT2D eigenvalue weighted by molar-refractivity contribution is -0.123. The number of hydrogen-bond donors (Lipinski definition) is 3. The first kappa shape index (κ1) is 15.0. The molecule has 4 N–H and O–H groups in total. The summed E-state index contributed by atoms with van der Waals surface area (Å²) in [7, 11) is 0. The summed E-state index contributed by atoms with van der Waals surface area (Å²) in [4.78, 5) is 22.8. The van der Waals surface area contributed by atoms with E-state index in [0.29, 0.717) is 12.1 Å². The van der Waals surface area contributed by atoms with Crippen LogP contribution in [-0.2, 0) is 4.79 Å². The van der Waals surface area contributed by atoms with Gasteiger partial charge in [-0.3, -0.25) is 4.79 Å². The largest absolute Gasteiger partial charge is 0.478 e. The van der Waals surface area contributed by atoms with Crippen LogP contribution in [0.5, 0.6) is 0 Å². The second-order valence-electron chi connectivity index (χ2n) is 4.66. The molecule has 0 aromatic heterocycles. The summed E-state index contributed by atoms with van der Waals surface area (Å²) in [6.45, 7) is 3.11. The minimum atomic E-state index is -1.47. The minimum absolute atomic E-state index is 0.0188. The first-order chi connectivity index (χ1) is 8.69. The number of carboxylic acids is 1. The highest BCUT2D eigenvalue weighted by Crippen LogP contribution is 2.23.